The third kappa shape index (κ3) is 4.86. The first-order valence-corrected chi connectivity index (χ1v) is 7.42. The van der Waals surface area contributed by atoms with Crippen molar-refractivity contribution in [2.45, 2.75) is 44.6 Å². The molecule has 0 aliphatic heterocycles. The molecule has 1 aliphatic rings. The van der Waals surface area contributed by atoms with Gasteiger partial charge in [-0.05, 0) is 43.4 Å². The van der Waals surface area contributed by atoms with Crippen LogP contribution in [-0.2, 0) is 16.0 Å². The van der Waals surface area contributed by atoms with Gasteiger partial charge in [-0.3, -0.25) is 9.59 Å². The summed E-state index contributed by atoms with van der Waals surface area (Å²) < 4.78 is 0. The molecule has 2 rings (SSSR count). The van der Waals surface area contributed by atoms with Gasteiger partial charge in [-0.15, -0.1) is 0 Å². The molecular formula is C16H22N2O3. The number of carboxylic acid groups (broad SMARTS) is 1. The predicted octanol–water partition coefficient (Wildman–Crippen LogP) is 2.16. The van der Waals surface area contributed by atoms with Crippen LogP contribution in [0.3, 0.4) is 0 Å². The Labute approximate surface area is 124 Å². The molecule has 114 valence electrons. The van der Waals surface area contributed by atoms with Gasteiger partial charge in [0.25, 0.3) is 0 Å². The van der Waals surface area contributed by atoms with Crippen LogP contribution in [0.5, 0.6) is 0 Å². The van der Waals surface area contributed by atoms with Crippen LogP contribution in [0.4, 0.5) is 5.69 Å². The third-order valence-electron chi connectivity index (χ3n) is 3.93. The molecule has 5 nitrogen and oxygen atoms in total. The minimum atomic E-state index is -0.805. The first-order chi connectivity index (χ1) is 10.0. The van der Waals surface area contributed by atoms with Crippen LogP contribution in [0.1, 0.15) is 37.7 Å². The Balaban J connectivity index is 1.87. The number of benzene rings is 1. The SMILES string of the molecule is NC1CCCC(C(=O)Nc2ccc(CCC(=O)O)cc2)C1. The smallest absolute Gasteiger partial charge is 0.303 e. The van der Waals surface area contributed by atoms with Gasteiger partial charge in [0.05, 0.1) is 0 Å². The van der Waals surface area contributed by atoms with Crippen LogP contribution in [0.2, 0.25) is 0 Å². The Morgan fingerprint density at radius 1 is 1.24 bits per heavy atom. The topological polar surface area (TPSA) is 92.4 Å². The lowest BCUT2D eigenvalue weighted by atomic mass is 9.85. The molecule has 0 heterocycles. The van der Waals surface area contributed by atoms with Crippen LogP contribution in [-0.4, -0.2) is 23.0 Å². The lowest BCUT2D eigenvalue weighted by molar-refractivity contribution is -0.137. The summed E-state index contributed by atoms with van der Waals surface area (Å²) in [7, 11) is 0. The normalized spacial score (nSPS) is 21.8. The number of carboxylic acids is 1. The zero-order valence-corrected chi connectivity index (χ0v) is 12.0. The van der Waals surface area contributed by atoms with Crippen molar-refractivity contribution in [2.24, 2.45) is 11.7 Å². The van der Waals surface area contributed by atoms with E-state index < -0.39 is 5.97 Å². The van der Waals surface area contributed by atoms with Gasteiger partial charge in [0, 0.05) is 24.1 Å². The number of nitrogens with two attached hydrogens (primary N) is 1. The van der Waals surface area contributed by atoms with Crippen molar-refractivity contribution < 1.29 is 14.7 Å². The van der Waals surface area contributed by atoms with E-state index in [9.17, 15) is 9.59 Å². The first-order valence-electron chi connectivity index (χ1n) is 7.42. The van der Waals surface area contributed by atoms with E-state index in [0.717, 1.165) is 36.9 Å². The van der Waals surface area contributed by atoms with Crippen molar-refractivity contribution in [3.05, 3.63) is 29.8 Å². The van der Waals surface area contributed by atoms with Crippen LogP contribution < -0.4 is 11.1 Å². The molecule has 1 aliphatic carbocycles. The summed E-state index contributed by atoms with van der Waals surface area (Å²) in [5, 5.41) is 11.6. The van der Waals surface area contributed by atoms with Gasteiger partial charge in [0.15, 0.2) is 0 Å². The number of carbonyl (C=O) groups excluding carboxylic acids is 1. The molecular weight excluding hydrogens is 268 g/mol. The van der Waals surface area contributed by atoms with Crippen LogP contribution >= 0.6 is 0 Å². The molecule has 21 heavy (non-hydrogen) atoms. The molecule has 1 aromatic rings. The number of hydrogen-bond acceptors (Lipinski definition) is 3. The van der Waals surface area contributed by atoms with Crippen molar-refractivity contribution >= 4 is 17.6 Å². The Bertz CT molecular complexity index is 499. The highest BCUT2D eigenvalue weighted by atomic mass is 16.4. The molecule has 0 radical (unpaired) electrons. The fourth-order valence-electron chi connectivity index (χ4n) is 2.72. The standard InChI is InChI=1S/C16H22N2O3/c17-13-3-1-2-12(10-13)16(21)18-14-7-4-11(5-8-14)6-9-15(19)20/h4-5,7-8,12-13H,1-3,6,9-10,17H2,(H,18,21)(H,19,20). The maximum atomic E-state index is 12.2. The molecule has 1 saturated carbocycles. The van der Waals surface area contributed by atoms with E-state index in [1.54, 1.807) is 0 Å². The number of amides is 1. The van der Waals surface area contributed by atoms with Crippen molar-refractivity contribution in [1.29, 1.82) is 0 Å². The summed E-state index contributed by atoms with van der Waals surface area (Å²) in [6.07, 6.45) is 4.28. The number of nitrogens with one attached hydrogen (secondary N) is 1. The second kappa shape index (κ2) is 7.22. The highest BCUT2D eigenvalue weighted by molar-refractivity contribution is 5.92. The zero-order valence-electron chi connectivity index (χ0n) is 12.0. The summed E-state index contributed by atoms with van der Waals surface area (Å²) >= 11 is 0. The highest BCUT2D eigenvalue weighted by Crippen LogP contribution is 2.24. The second-order valence-corrected chi connectivity index (χ2v) is 5.70. The van der Waals surface area contributed by atoms with Gasteiger partial charge in [0.2, 0.25) is 5.91 Å². The van der Waals surface area contributed by atoms with Gasteiger partial charge in [-0.1, -0.05) is 18.6 Å². The fourth-order valence-corrected chi connectivity index (χ4v) is 2.72. The number of anilines is 1. The Morgan fingerprint density at radius 2 is 1.95 bits per heavy atom. The molecule has 0 spiro atoms. The minimum Gasteiger partial charge on any atom is -0.481 e. The van der Waals surface area contributed by atoms with E-state index >= 15 is 0 Å². The summed E-state index contributed by atoms with van der Waals surface area (Å²) in [4.78, 5) is 22.7. The van der Waals surface area contributed by atoms with E-state index in [2.05, 4.69) is 5.32 Å². The Hall–Kier alpha value is -1.88. The summed E-state index contributed by atoms with van der Waals surface area (Å²) in [6, 6.07) is 7.47. The molecule has 0 bridgehead atoms. The zero-order chi connectivity index (χ0) is 15.2. The van der Waals surface area contributed by atoms with Gasteiger partial charge in [0.1, 0.15) is 0 Å². The van der Waals surface area contributed by atoms with Crippen molar-refractivity contribution in [3.63, 3.8) is 0 Å². The monoisotopic (exact) mass is 290 g/mol. The lowest BCUT2D eigenvalue weighted by Crippen LogP contribution is -2.34. The largest absolute Gasteiger partial charge is 0.481 e. The molecule has 1 amide bonds. The number of aryl methyl sites for hydroxylation is 1. The van der Waals surface area contributed by atoms with E-state index in [1.165, 1.54) is 0 Å². The summed E-state index contributed by atoms with van der Waals surface area (Å²) in [5.41, 5.74) is 7.61. The average molecular weight is 290 g/mol. The molecule has 0 saturated heterocycles. The first kappa shape index (κ1) is 15.5. The van der Waals surface area contributed by atoms with Crippen LogP contribution in [0.15, 0.2) is 24.3 Å². The lowest BCUT2D eigenvalue weighted by Gasteiger charge is -2.25. The molecule has 2 unspecified atom stereocenters. The van der Waals surface area contributed by atoms with E-state index in [1.807, 2.05) is 24.3 Å². The maximum absolute atomic E-state index is 12.2. The molecule has 1 fully saturated rings. The predicted molar refractivity (Wildman–Crippen MR) is 81.0 cm³/mol. The van der Waals surface area contributed by atoms with Crippen molar-refractivity contribution in [1.82, 2.24) is 0 Å². The summed E-state index contributed by atoms with van der Waals surface area (Å²) in [5.74, 6) is -0.773. The molecule has 0 aromatic heterocycles. The van der Waals surface area contributed by atoms with E-state index in [-0.39, 0.29) is 24.3 Å². The number of carbonyl (C=O) groups is 2. The van der Waals surface area contributed by atoms with Gasteiger partial charge < -0.3 is 16.2 Å². The molecule has 5 heteroatoms. The fraction of sp³-hybridized carbons (Fsp3) is 0.500. The van der Waals surface area contributed by atoms with Crippen LogP contribution in [0, 0.1) is 5.92 Å². The average Bonchev–Trinajstić information content (AvgIpc) is 2.46. The summed E-state index contributed by atoms with van der Waals surface area (Å²) in [6.45, 7) is 0. The highest BCUT2D eigenvalue weighted by Gasteiger charge is 2.25. The quantitative estimate of drug-likeness (QED) is 0.774. The minimum absolute atomic E-state index is 0.000405. The Kier molecular flexibility index (Phi) is 5.33. The number of rotatable bonds is 5. The van der Waals surface area contributed by atoms with E-state index in [4.69, 9.17) is 10.8 Å². The number of hydrogen-bond donors (Lipinski definition) is 3. The van der Waals surface area contributed by atoms with Crippen molar-refractivity contribution in [2.75, 3.05) is 5.32 Å². The third-order valence-corrected chi connectivity index (χ3v) is 3.93. The van der Waals surface area contributed by atoms with Gasteiger partial charge in [-0.25, -0.2) is 0 Å². The van der Waals surface area contributed by atoms with Crippen molar-refractivity contribution in [3.8, 4) is 0 Å². The van der Waals surface area contributed by atoms with Gasteiger partial charge in [-0.2, -0.15) is 0 Å². The number of aliphatic carboxylic acids is 1. The Morgan fingerprint density at radius 3 is 2.57 bits per heavy atom. The molecule has 2 atom stereocenters. The second-order valence-electron chi connectivity index (χ2n) is 5.70. The molecule has 1 aromatic carbocycles. The molecule has 4 N–H and O–H groups in total. The van der Waals surface area contributed by atoms with Crippen LogP contribution in [0.25, 0.3) is 0 Å². The van der Waals surface area contributed by atoms with Gasteiger partial charge >= 0.3 is 5.97 Å². The maximum Gasteiger partial charge on any atom is 0.303 e. The van der Waals surface area contributed by atoms with E-state index in [0.29, 0.717) is 6.42 Å².